The van der Waals surface area contributed by atoms with Gasteiger partial charge in [0.15, 0.2) is 0 Å². The minimum absolute atomic E-state index is 0. The average molecular weight is 336 g/mol. The van der Waals surface area contributed by atoms with Gasteiger partial charge in [-0.05, 0) is 23.8 Å². The Balaban J connectivity index is 0.00000242. The Hall–Kier alpha value is -0.0487. The molecule has 22 heavy (non-hydrogen) atoms. The zero-order valence-corrected chi connectivity index (χ0v) is 15.9. The molecule has 2 nitrogen and oxygen atoms in total. The first-order valence-electron chi connectivity index (χ1n) is 6.96. The van der Waals surface area contributed by atoms with Gasteiger partial charge in [-0.2, -0.15) is 0 Å². The summed E-state index contributed by atoms with van der Waals surface area (Å²) in [5, 5.41) is 0.751. The molecule has 0 aromatic heterocycles. The topological polar surface area (TPSA) is 18.5 Å². The number of ether oxygens (including phenoxy) is 2. The van der Waals surface area contributed by atoms with Crippen LogP contribution in [0.1, 0.15) is 13.3 Å². The van der Waals surface area contributed by atoms with Crippen LogP contribution in [-0.4, -0.2) is 26.8 Å². The van der Waals surface area contributed by atoms with Crippen molar-refractivity contribution in [2.45, 2.75) is 13.3 Å². The molecule has 0 N–H and O–H groups in total. The van der Waals surface area contributed by atoms with Gasteiger partial charge in [-0.15, -0.1) is 0 Å². The third kappa shape index (κ3) is 5.25. The molecule has 114 valence electrons. The van der Waals surface area contributed by atoms with Crippen molar-refractivity contribution >= 4 is 23.2 Å². The van der Waals surface area contributed by atoms with E-state index in [9.17, 15) is 12.9 Å². The zero-order chi connectivity index (χ0) is 15.3. The fourth-order valence-corrected chi connectivity index (χ4v) is 2.23. The van der Waals surface area contributed by atoms with E-state index < -0.39 is 12.4 Å². The van der Waals surface area contributed by atoms with Crippen molar-refractivity contribution in [2.24, 2.45) is 0 Å². The maximum absolute atomic E-state index is 13.4. The standard InChI is InChI=1S/C15H17BF3O2.K/c1-2-20-10-5-11-21-14-9-8-12-6-3-4-7-13(12)15(14)16(17,18)19;/h3-4,6-9H,2,5,10-11H2,1H3;/q-1;+1. The van der Waals surface area contributed by atoms with E-state index in [2.05, 4.69) is 0 Å². The molecule has 0 aliphatic rings. The Morgan fingerprint density at radius 2 is 1.73 bits per heavy atom. The number of hydrogen-bond donors (Lipinski definition) is 0. The Kier molecular flexibility index (Phi) is 8.45. The van der Waals surface area contributed by atoms with Crippen LogP contribution in [0.25, 0.3) is 10.8 Å². The van der Waals surface area contributed by atoms with Crippen LogP contribution in [0.4, 0.5) is 12.9 Å². The van der Waals surface area contributed by atoms with Crippen LogP contribution in [0.15, 0.2) is 36.4 Å². The molecule has 0 fully saturated rings. The largest absolute Gasteiger partial charge is 1.00 e. The number of halogens is 3. The second kappa shape index (κ2) is 9.30. The van der Waals surface area contributed by atoms with Gasteiger partial charge in [-0.25, -0.2) is 0 Å². The summed E-state index contributed by atoms with van der Waals surface area (Å²) in [5.74, 6) is -0.0994. The maximum Gasteiger partial charge on any atom is 1.00 e. The summed E-state index contributed by atoms with van der Waals surface area (Å²) in [6.07, 6.45) is 0.560. The molecule has 0 amide bonds. The first-order valence-corrected chi connectivity index (χ1v) is 6.96. The van der Waals surface area contributed by atoms with Crippen molar-refractivity contribution in [3.05, 3.63) is 36.4 Å². The van der Waals surface area contributed by atoms with Crippen molar-refractivity contribution in [3.8, 4) is 5.75 Å². The van der Waals surface area contributed by atoms with Gasteiger partial charge in [0.1, 0.15) is 0 Å². The molecule has 0 aliphatic heterocycles. The van der Waals surface area contributed by atoms with Gasteiger partial charge >= 0.3 is 58.4 Å². The Morgan fingerprint density at radius 1 is 1.00 bits per heavy atom. The normalized spacial score (nSPS) is 11.3. The molecule has 0 spiro atoms. The second-order valence-electron chi connectivity index (χ2n) is 4.67. The monoisotopic (exact) mass is 336 g/mol. The molecule has 7 heteroatoms. The molecular weight excluding hydrogens is 319 g/mol. The smallest absolute Gasteiger partial charge is 0.496 e. The van der Waals surface area contributed by atoms with Crippen LogP contribution in [0.5, 0.6) is 5.75 Å². The summed E-state index contributed by atoms with van der Waals surface area (Å²) >= 11 is 0. The van der Waals surface area contributed by atoms with Gasteiger partial charge < -0.3 is 22.4 Å². The third-order valence-electron chi connectivity index (χ3n) is 3.15. The number of rotatable bonds is 7. The van der Waals surface area contributed by atoms with Crippen molar-refractivity contribution in [1.82, 2.24) is 0 Å². The number of benzene rings is 2. The molecule has 2 aromatic carbocycles. The van der Waals surface area contributed by atoms with Crippen LogP contribution in [-0.2, 0) is 4.74 Å². The van der Waals surface area contributed by atoms with Gasteiger partial charge in [-0.3, -0.25) is 0 Å². The minimum atomic E-state index is -5.13. The second-order valence-corrected chi connectivity index (χ2v) is 4.67. The molecule has 0 atom stereocenters. The number of fused-ring (bicyclic) bond motifs is 1. The molecular formula is C15H17BF3KO2. The van der Waals surface area contributed by atoms with Crippen LogP contribution >= 0.6 is 0 Å². The molecule has 0 unspecified atom stereocenters. The predicted octanol–water partition coefficient (Wildman–Crippen LogP) is 0.704. The summed E-state index contributed by atoms with van der Waals surface area (Å²) in [5.41, 5.74) is -0.649. The fraction of sp³-hybridized carbons (Fsp3) is 0.333. The van der Waals surface area contributed by atoms with E-state index in [0.29, 0.717) is 25.0 Å². The van der Waals surface area contributed by atoms with Crippen LogP contribution in [0, 0.1) is 0 Å². The van der Waals surface area contributed by atoms with Gasteiger partial charge in [-0.1, -0.05) is 35.8 Å². The molecule has 0 heterocycles. The molecule has 0 aliphatic carbocycles. The fourth-order valence-electron chi connectivity index (χ4n) is 2.23. The van der Waals surface area contributed by atoms with E-state index in [1.54, 1.807) is 24.3 Å². The molecule has 0 radical (unpaired) electrons. The van der Waals surface area contributed by atoms with E-state index in [1.807, 2.05) is 6.92 Å². The van der Waals surface area contributed by atoms with Gasteiger partial charge in [0.05, 0.1) is 12.4 Å². The molecule has 0 saturated carbocycles. The SMILES string of the molecule is CCOCCCOc1ccc2ccccc2c1[B-](F)(F)F.[K+]. The molecule has 2 aromatic rings. The van der Waals surface area contributed by atoms with E-state index >= 15 is 0 Å². The first kappa shape index (κ1) is 20.0. The predicted molar refractivity (Wildman–Crippen MR) is 79.3 cm³/mol. The Bertz CT molecular complexity index is 605. The van der Waals surface area contributed by atoms with Crippen molar-refractivity contribution < 1.29 is 73.8 Å². The summed E-state index contributed by atoms with van der Waals surface area (Å²) in [4.78, 5) is 0. The summed E-state index contributed by atoms with van der Waals surface area (Å²) < 4.78 is 50.6. The van der Waals surface area contributed by atoms with E-state index in [0.717, 1.165) is 0 Å². The quantitative estimate of drug-likeness (QED) is 0.548. The van der Waals surface area contributed by atoms with Crippen molar-refractivity contribution in [3.63, 3.8) is 0 Å². The van der Waals surface area contributed by atoms with Crippen molar-refractivity contribution in [1.29, 1.82) is 0 Å². The minimum Gasteiger partial charge on any atom is -0.496 e. The van der Waals surface area contributed by atoms with Gasteiger partial charge in [0.2, 0.25) is 0 Å². The van der Waals surface area contributed by atoms with Gasteiger partial charge in [0, 0.05) is 19.6 Å². The van der Waals surface area contributed by atoms with E-state index in [1.165, 1.54) is 12.1 Å². The van der Waals surface area contributed by atoms with Crippen molar-refractivity contribution in [2.75, 3.05) is 19.8 Å². The van der Waals surface area contributed by atoms with Crippen LogP contribution in [0.2, 0.25) is 0 Å². The average Bonchev–Trinajstić information content (AvgIpc) is 2.45. The zero-order valence-electron chi connectivity index (χ0n) is 12.8. The van der Waals surface area contributed by atoms with E-state index in [4.69, 9.17) is 9.47 Å². The van der Waals surface area contributed by atoms with Gasteiger partial charge in [0.25, 0.3) is 0 Å². The maximum atomic E-state index is 13.4. The van der Waals surface area contributed by atoms with E-state index in [-0.39, 0.29) is 69.1 Å². The first-order chi connectivity index (χ1) is 10.0. The van der Waals surface area contributed by atoms with Crippen LogP contribution in [0.3, 0.4) is 0 Å². The Morgan fingerprint density at radius 3 is 2.41 bits per heavy atom. The molecule has 2 rings (SSSR count). The van der Waals surface area contributed by atoms with Crippen LogP contribution < -0.4 is 61.6 Å². The summed E-state index contributed by atoms with van der Waals surface area (Å²) in [6.45, 7) is -1.99. The molecule has 0 saturated heterocycles. The third-order valence-corrected chi connectivity index (χ3v) is 3.15. The summed E-state index contributed by atoms with van der Waals surface area (Å²) in [6, 6.07) is 9.52. The Labute approximate surface area is 170 Å². The molecule has 0 bridgehead atoms. The summed E-state index contributed by atoms with van der Waals surface area (Å²) in [7, 11) is 0. The number of hydrogen-bond acceptors (Lipinski definition) is 2.